The van der Waals surface area contributed by atoms with Crippen molar-refractivity contribution < 1.29 is 0 Å². The molecule has 0 radical (unpaired) electrons. The van der Waals surface area contributed by atoms with Gasteiger partial charge in [-0.2, -0.15) is 0 Å². The van der Waals surface area contributed by atoms with Crippen molar-refractivity contribution in [2.45, 2.75) is 6.92 Å². The summed E-state index contributed by atoms with van der Waals surface area (Å²) in [4.78, 5) is 23.1. The van der Waals surface area contributed by atoms with Crippen molar-refractivity contribution in [1.29, 1.82) is 0 Å². The van der Waals surface area contributed by atoms with E-state index in [0.29, 0.717) is 0 Å². The highest BCUT2D eigenvalue weighted by Gasteiger charge is 2.13. The molecule has 6 aromatic rings. The van der Waals surface area contributed by atoms with Crippen molar-refractivity contribution in [3.8, 4) is 56.0 Å². The first-order valence-corrected chi connectivity index (χ1v) is 14.0. The summed E-state index contributed by atoms with van der Waals surface area (Å²) in [6.45, 7) is 5.80. The molecule has 206 valence electrons. The van der Waals surface area contributed by atoms with E-state index in [9.17, 15) is 0 Å². The van der Waals surface area contributed by atoms with Crippen LogP contribution >= 0.6 is 0 Å². The van der Waals surface area contributed by atoms with Gasteiger partial charge in [0.15, 0.2) is 0 Å². The maximum atomic E-state index is 4.68. The van der Waals surface area contributed by atoms with Crippen LogP contribution in [0.15, 0.2) is 152 Å². The van der Waals surface area contributed by atoms with Crippen LogP contribution in [0, 0.1) is 0 Å². The Labute approximate surface area is 251 Å². The normalized spacial score (nSPS) is 11.5. The monoisotopic (exact) mass is 555 g/mol. The molecule has 0 unspecified atom stereocenters. The molecule has 0 atom stereocenters. The molecule has 0 N–H and O–H groups in total. The van der Waals surface area contributed by atoms with Gasteiger partial charge in [0.25, 0.3) is 0 Å². The Bertz CT molecular complexity index is 1870. The van der Waals surface area contributed by atoms with Crippen LogP contribution in [0.1, 0.15) is 12.5 Å². The molecule has 4 aromatic heterocycles. The first-order chi connectivity index (χ1) is 21.2. The fraction of sp³-hybridized carbons (Fsp3) is 0.0263. The number of aliphatic imine (C=N–C) groups is 1. The molecule has 0 saturated carbocycles. The number of nitrogens with zero attached hydrogens (tertiary/aromatic N) is 5. The molecule has 0 amide bonds. The van der Waals surface area contributed by atoms with Crippen LogP contribution in [0.4, 0.5) is 0 Å². The van der Waals surface area contributed by atoms with Crippen LogP contribution in [0.3, 0.4) is 0 Å². The van der Waals surface area contributed by atoms with Gasteiger partial charge in [0.2, 0.25) is 0 Å². The van der Waals surface area contributed by atoms with Crippen LogP contribution in [0.2, 0.25) is 0 Å². The van der Waals surface area contributed by atoms with Crippen LogP contribution in [-0.4, -0.2) is 26.2 Å². The lowest BCUT2D eigenvalue weighted by Gasteiger charge is -2.13. The number of allylic oxidation sites excluding steroid dienone is 2. The summed E-state index contributed by atoms with van der Waals surface area (Å²) in [5.41, 5.74) is 11.5. The average molecular weight is 556 g/mol. The van der Waals surface area contributed by atoms with Gasteiger partial charge in [0, 0.05) is 70.6 Å². The highest BCUT2D eigenvalue weighted by Crippen LogP contribution is 2.35. The van der Waals surface area contributed by atoms with Crippen LogP contribution in [-0.2, 0) is 0 Å². The third-order valence-corrected chi connectivity index (χ3v) is 6.99. The molecule has 6 rings (SSSR count). The standard InChI is InChI=1S/C38H29N5/c1-3-11-35(40-4-2)29-18-27(19-30(22-29)36-12-5-8-15-41-36)33-24-34(26-39-25-33)28-20-31(37-13-6-9-16-42-37)23-32(21-28)38-14-7-10-17-43-38/h3-26H,1H2,2H3/b35-11-,40-4-. The number of hydrogen-bond donors (Lipinski definition) is 0. The number of pyridine rings is 4. The zero-order valence-electron chi connectivity index (χ0n) is 23.8. The van der Waals surface area contributed by atoms with Gasteiger partial charge in [-0.1, -0.05) is 30.9 Å². The Balaban J connectivity index is 1.50. The predicted octanol–water partition coefficient (Wildman–Crippen LogP) is 9.22. The maximum absolute atomic E-state index is 4.68. The lowest BCUT2D eigenvalue weighted by Crippen LogP contribution is -1.92. The predicted molar refractivity (Wildman–Crippen MR) is 177 cm³/mol. The number of hydrogen-bond acceptors (Lipinski definition) is 5. The van der Waals surface area contributed by atoms with Crippen molar-refractivity contribution in [2.24, 2.45) is 4.99 Å². The van der Waals surface area contributed by atoms with Gasteiger partial charge in [0.05, 0.1) is 22.8 Å². The summed E-state index contributed by atoms with van der Waals surface area (Å²) >= 11 is 0. The summed E-state index contributed by atoms with van der Waals surface area (Å²) in [6.07, 6.45) is 14.7. The molecule has 0 saturated heterocycles. The van der Waals surface area contributed by atoms with Gasteiger partial charge in [-0.3, -0.25) is 24.9 Å². The molecule has 43 heavy (non-hydrogen) atoms. The topological polar surface area (TPSA) is 63.9 Å². The summed E-state index contributed by atoms with van der Waals surface area (Å²) < 4.78 is 0. The Kier molecular flexibility index (Phi) is 8.14. The zero-order chi connectivity index (χ0) is 29.4. The Morgan fingerprint density at radius 3 is 1.49 bits per heavy atom. The van der Waals surface area contributed by atoms with E-state index >= 15 is 0 Å². The number of rotatable bonds is 8. The molecule has 5 nitrogen and oxygen atoms in total. The van der Waals surface area contributed by atoms with Gasteiger partial charge in [-0.15, -0.1) is 0 Å². The van der Waals surface area contributed by atoms with Crippen LogP contribution < -0.4 is 0 Å². The molecule has 0 aliphatic rings. The minimum absolute atomic E-state index is 0.823. The van der Waals surface area contributed by atoms with Crippen LogP contribution in [0.25, 0.3) is 61.7 Å². The molecular weight excluding hydrogens is 526 g/mol. The van der Waals surface area contributed by atoms with E-state index in [1.807, 2.05) is 98.6 Å². The zero-order valence-corrected chi connectivity index (χ0v) is 23.8. The number of aromatic nitrogens is 4. The highest BCUT2D eigenvalue weighted by molar-refractivity contribution is 5.84. The third-order valence-electron chi connectivity index (χ3n) is 6.99. The second-order valence-electron chi connectivity index (χ2n) is 9.88. The lowest BCUT2D eigenvalue weighted by atomic mass is 9.94. The Morgan fingerprint density at radius 1 is 0.581 bits per heavy atom. The van der Waals surface area contributed by atoms with E-state index in [0.717, 1.165) is 67.3 Å². The van der Waals surface area contributed by atoms with E-state index < -0.39 is 0 Å². The second kappa shape index (κ2) is 12.8. The first-order valence-electron chi connectivity index (χ1n) is 14.0. The van der Waals surface area contributed by atoms with E-state index in [-0.39, 0.29) is 0 Å². The molecule has 0 bridgehead atoms. The summed E-state index contributed by atoms with van der Waals surface area (Å²) in [5, 5.41) is 0. The molecule has 0 fully saturated rings. The van der Waals surface area contributed by atoms with Crippen molar-refractivity contribution in [3.63, 3.8) is 0 Å². The Hall–Kier alpha value is -5.81. The molecule has 2 aromatic carbocycles. The van der Waals surface area contributed by atoms with Crippen molar-refractivity contribution in [1.82, 2.24) is 19.9 Å². The number of benzene rings is 2. The fourth-order valence-electron chi connectivity index (χ4n) is 5.00. The summed E-state index contributed by atoms with van der Waals surface area (Å²) in [5.74, 6) is 0. The largest absolute Gasteiger partial charge is 0.263 e. The molecule has 0 aliphatic heterocycles. The van der Waals surface area contributed by atoms with Gasteiger partial charge in [-0.05, 0) is 103 Å². The molecule has 5 heteroatoms. The minimum atomic E-state index is 0.823. The van der Waals surface area contributed by atoms with Crippen LogP contribution in [0.5, 0.6) is 0 Å². The molecular formula is C38H29N5. The van der Waals surface area contributed by atoms with E-state index in [1.165, 1.54) is 0 Å². The van der Waals surface area contributed by atoms with E-state index in [4.69, 9.17) is 0 Å². The lowest BCUT2D eigenvalue weighted by molar-refractivity contribution is 1.30. The average Bonchev–Trinajstić information content (AvgIpc) is 3.09. The smallest absolute Gasteiger partial charge is 0.0702 e. The quantitative estimate of drug-likeness (QED) is 0.139. The van der Waals surface area contributed by atoms with Gasteiger partial charge in [0.1, 0.15) is 0 Å². The van der Waals surface area contributed by atoms with Crippen molar-refractivity contribution in [3.05, 3.63) is 152 Å². The molecule has 4 heterocycles. The molecule has 0 spiro atoms. The highest BCUT2D eigenvalue weighted by atomic mass is 14.7. The first kappa shape index (κ1) is 27.4. The fourth-order valence-corrected chi connectivity index (χ4v) is 5.00. The maximum Gasteiger partial charge on any atom is 0.0702 e. The van der Waals surface area contributed by atoms with Gasteiger partial charge in [-0.25, -0.2) is 0 Å². The SMILES string of the molecule is C=C/C=C(\N=C/C)c1cc(-c2cncc(-c3cc(-c4ccccn4)cc(-c4ccccn4)c3)c2)cc(-c2ccccn2)c1. The second-order valence-corrected chi connectivity index (χ2v) is 9.88. The van der Waals surface area contributed by atoms with E-state index in [1.54, 1.807) is 12.3 Å². The van der Waals surface area contributed by atoms with Crippen molar-refractivity contribution in [2.75, 3.05) is 0 Å². The van der Waals surface area contributed by atoms with Crippen molar-refractivity contribution >= 4 is 11.9 Å². The van der Waals surface area contributed by atoms with E-state index in [2.05, 4.69) is 74.0 Å². The van der Waals surface area contributed by atoms with Gasteiger partial charge < -0.3 is 0 Å². The summed E-state index contributed by atoms with van der Waals surface area (Å²) in [6, 6.07) is 32.9. The van der Waals surface area contributed by atoms with Gasteiger partial charge >= 0.3 is 0 Å². The summed E-state index contributed by atoms with van der Waals surface area (Å²) in [7, 11) is 0. The third kappa shape index (κ3) is 6.26. The Morgan fingerprint density at radius 2 is 1.02 bits per heavy atom. The molecule has 0 aliphatic carbocycles. The minimum Gasteiger partial charge on any atom is -0.263 e.